The number of piperidine rings is 1. The molecule has 1 saturated heterocycles. The van der Waals surface area contributed by atoms with E-state index in [1.807, 2.05) is 40.0 Å². The van der Waals surface area contributed by atoms with Gasteiger partial charge in [-0.25, -0.2) is 4.98 Å². The van der Waals surface area contributed by atoms with Crippen LogP contribution in [-0.4, -0.2) is 18.1 Å². The second-order valence-electron chi connectivity index (χ2n) is 4.06. The first-order valence-electron chi connectivity index (χ1n) is 6.61. The zero-order valence-corrected chi connectivity index (χ0v) is 11.4. The molecular weight excluding hydrogens is 212 g/mol. The summed E-state index contributed by atoms with van der Waals surface area (Å²) in [5.74, 6) is 2.32. The van der Waals surface area contributed by atoms with E-state index < -0.39 is 0 Å². The highest BCUT2D eigenvalue weighted by atomic mass is 16.4. The number of hydrogen-bond donors (Lipinski definition) is 1. The Balaban J connectivity index is 0.000000686. The maximum absolute atomic E-state index is 5.77. The van der Waals surface area contributed by atoms with Crippen molar-refractivity contribution in [3.8, 4) is 0 Å². The highest BCUT2D eigenvalue weighted by molar-refractivity contribution is 5.57. The first-order chi connectivity index (χ1) is 8.31. The molecule has 3 heteroatoms. The summed E-state index contributed by atoms with van der Waals surface area (Å²) in [6, 6.07) is 0. The molecule has 0 atom stereocenters. The predicted molar refractivity (Wildman–Crippen MR) is 72.0 cm³/mol. The summed E-state index contributed by atoms with van der Waals surface area (Å²) in [4.78, 5) is 4.37. The Morgan fingerprint density at radius 3 is 2.65 bits per heavy atom. The Morgan fingerprint density at radius 2 is 2.06 bits per heavy atom. The highest BCUT2D eigenvalue weighted by Gasteiger charge is 2.20. The molecule has 3 nitrogen and oxygen atoms in total. The lowest BCUT2D eigenvalue weighted by molar-refractivity contribution is 0.371. The molecule has 0 unspecified atom stereocenters. The molecule has 1 aliphatic heterocycles. The van der Waals surface area contributed by atoms with Gasteiger partial charge in [-0.05, 0) is 45.4 Å². The van der Waals surface area contributed by atoms with Crippen LogP contribution in [0.5, 0.6) is 0 Å². The van der Waals surface area contributed by atoms with Crippen molar-refractivity contribution in [2.75, 3.05) is 13.1 Å². The van der Waals surface area contributed by atoms with Crippen LogP contribution in [0.2, 0.25) is 0 Å². The molecule has 2 heterocycles. The van der Waals surface area contributed by atoms with Gasteiger partial charge in [0.1, 0.15) is 5.76 Å². The predicted octanol–water partition coefficient (Wildman–Crippen LogP) is 3.59. The highest BCUT2D eigenvalue weighted by Crippen LogP contribution is 2.26. The molecule has 96 valence electrons. The fraction of sp³-hybridized carbons (Fsp3) is 0.643. The average Bonchev–Trinajstić information content (AvgIpc) is 2.91. The summed E-state index contributed by atoms with van der Waals surface area (Å²) in [7, 11) is 0. The molecule has 0 saturated carbocycles. The quantitative estimate of drug-likeness (QED) is 0.852. The molecule has 1 N–H and O–H groups in total. The van der Waals surface area contributed by atoms with Crippen molar-refractivity contribution >= 4 is 5.57 Å². The van der Waals surface area contributed by atoms with Crippen molar-refractivity contribution in [1.82, 2.24) is 10.3 Å². The van der Waals surface area contributed by atoms with E-state index in [1.165, 1.54) is 0 Å². The lowest BCUT2D eigenvalue weighted by atomic mass is 9.98. The fourth-order valence-electron chi connectivity index (χ4n) is 1.87. The Labute approximate surface area is 104 Å². The zero-order valence-electron chi connectivity index (χ0n) is 11.4. The second-order valence-corrected chi connectivity index (χ2v) is 4.06. The molecule has 1 fully saturated rings. The van der Waals surface area contributed by atoms with Crippen LogP contribution in [0.15, 0.2) is 16.7 Å². The summed E-state index contributed by atoms with van der Waals surface area (Å²) < 4.78 is 5.77. The van der Waals surface area contributed by atoms with Gasteiger partial charge in [0.05, 0.1) is 6.20 Å². The van der Waals surface area contributed by atoms with Gasteiger partial charge >= 0.3 is 0 Å². The summed E-state index contributed by atoms with van der Waals surface area (Å²) in [6.45, 7) is 10.2. The molecular formula is C14H24N2O. The van der Waals surface area contributed by atoms with Crippen molar-refractivity contribution in [3.05, 3.63) is 23.9 Å². The Kier molecular flexibility index (Phi) is 5.98. The Morgan fingerprint density at radius 1 is 1.41 bits per heavy atom. The van der Waals surface area contributed by atoms with Gasteiger partial charge in [-0.3, -0.25) is 0 Å². The van der Waals surface area contributed by atoms with Gasteiger partial charge in [0, 0.05) is 5.92 Å². The third-order valence-corrected chi connectivity index (χ3v) is 3.03. The first-order valence-corrected chi connectivity index (χ1v) is 6.61. The van der Waals surface area contributed by atoms with Gasteiger partial charge < -0.3 is 9.73 Å². The van der Waals surface area contributed by atoms with Crippen LogP contribution in [0.4, 0.5) is 0 Å². The normalized spacial score (nSPS) is 17.5. The molecule has 1 aliphatic rings. The number of rotatable bonds is 2. The Bertz CT molecular complexity index is 349. The van der Waals surface area contributed by atoms with Gasteiger partial charge in [0.25, 0.3) is 0 Å². The third kappa shape index (κ3) is 3.70. The summed E-state index contributed by atoms with van der Waals surface area (Å²) in [5, 5.41) is 3.34. The van der Waals surface area contributed by atoms with Gasteiger partial charge in [-0.15, -0.1) is 0 Å². The van der Waals surface area contributed by atoms with Crippen molar-refractivity contribution in [1.29, 1.82) is 0 Å². The van der Waals surface area contributed by atoms with Crippen LogP contribution in [-0.2, 0) is 0 Å². The topological polar surface area (TPSA) is 38.1 Å². The monoisotopic (exact) mass is 236 g/mol. The minimum Gasteiger partial charge on any atom is -0.441 e. The van der Waals surface area contributed by atoms with Gasteiger partial charge in [-0.2, -0.15) is 0 Å². The van der Waals surface area contributed by atoms with E-state index in [-0.39, 0.29) is 0 Å². The molecule has 0 spiro atoms. The maximum Gasteiger partial charge on any atom is 0.198 e. The maximum atomic E-state index is 5.77. The summed E-state index contributed by atoms with van der Waals surface area (Å²) in [6.07, 6.45) is 6.16. The average molecular weight is 236 g/mol. The molecule has 0 amide bonds. The minimum atomic E-state index is 0.504. The zero-order chi connectivity index (χ0) is 12.7. The van der Waals surface area contributed by atoms with E-state index in [2.05, 4.69) is 10.3 Å². The van der Waals surface area contributed by atoms with E-state index in [0.29, 0.717) is 5.92 Å². The minimum absolute atomic E-state index is 0.504. The number of oxazole rings is 1. The van der Waals surface area contributed by atoms with E-state index in [9.17, 15) is 0 Å². The second kappa shape index (κ2) is 7.28. The molecule has 0 radical (unpaired) electrons. The molecule has 2 rings (SSSR count). The third-order valence-electron chi connectivity index (χ3n) is 3.03. The fourth-order valence-corrected chi connectivity index (χ4v) is 1.87. The van der Waals surface area contributed by atoms with Crippen LogP contribution in [0.1, 0.15) is 58.1 Å². The van der Waals surface area contributed by atoms with Crippen molar-refractivity contribution in [3.63, 3.8) is 0 Å². The van der Waals surface area contributed by atoms with Crippen molar-refractivity contribution < 1.29 is 4.42 Å². The number of allylic oxidation sites excluding steroid dienone is 2. The van der Waals surface area contributed by atoms with E-state index in [0.717, 1.165) is 43.2 Å². The molecule has 1 aromatic heterocycles. The van der Waals surface area contributed by atoms with E-state index in [4.69, 9.17) is 4.42 Å². The number of hydrogen-bond acceptors (Lipinski definition) is 3. The smallest absolute Gasteiger partial charge is 0.198 e. The number of nitrogens with zero attached hydrogens (tertiary/aromatic N) is 1. The van der Waals surface area contributed by atoms with E-state index in [1.54, 1.807) is 0 Å². The Hall–Kier alpha value is -1.09. The number of aromatic nitrogens is 1. The molecule has 17 heavy (non-hydrogen) atoms. The molecule has 0 aromatic carbocycles. The van der Waals surface area contributed by atoms with Crippen molar-refractivity contribution in [2.24, 2.45) is 0 Å². The van der Waals surface area contributed by atoms with E-state index >= 15 is 0 Å². The van der Waals surface area contributed by atoms with Crippen LogP contribution in [0, 0.1) is 0 Å². The summed E-state index contributed by atoms with van der Waals surface area (Å²) in [5.41, 5.74) is 1.16. The van der Waals surface area contributed by atoms with Gasteiger partial charge in [0.15, 0.2) is 5.89 Å². The SMILES string of the molecule is C/C=C(\C)c1cnc(C2CCNCC2)o1.CC. The van der Waals surface area contributed by atoms with Crippen molar-refractivity contribution in [2.45, 2.75) is 46.5 Å². The largest absolute Gasteiger partial charge is 0.441 e. The summed E-state index contributed by atoms with van der Waals surface area (Å²) >= 11 is 0. The molecule has 1 aromatic rings. The van der Waals surface area contributed by atoms with Crippen LogP contribution in [0.25, 0.3) is 5.57 Å². The first kappa shape index (κ1) is 14.0. The lowest BCUT2D eigenvalue weighted by Crippen LogP contribution is -2.26. The van der Waals surface area contributed by atoms with Crippen LogP contribution < -0.4 is 5.32 Å². The standard InChI is InChI=1S/C12H18N2O.C2H6/c1-3-9(2)11-8-14-12(15-11)10-4-6-13-7-5-10;1-2/h3,8,10,13H,4-7H2,1-2H3;1-2H3/b9-3+;. The lowest BCUT2D eigenvalue weighted by Gasteiger charge is -2.19. The molecule has 0 bridgehead atoms. The van der Waals surface area contributed by atoms with Crippen LogP contribution in [0.3, 0.4) is 0 Å². The van der Waals surface area contributed by atoms with Gasteiger partial charge in [0.2, 0.25) is 0 Å². The molecule has 0 aliphatic carbocycles. The van der Waals surface area contributed by atoms with Crippen LogP contribution >= 0.6 is 0 Å². The van der Waals surface area contributed by atoms with Gasteiger partial charge in [-0.1, -0.05) is 19.9 Å². The number of nitrogens with one attached hydrogen (secondary N) is 1.